The van der Waals surface area contributed by atoms with Crippen molar-refractivity contribution >= 4 is 11.9 Å². The Balaban J connectivity index is 1.76. The van der Waals surface area contributed by atoms with Crippen LogP contribution in [0.1, 0.15) is 53.8 Å². The molecule has 2 aromatic rings. The van der Waals surface area contributed by atoms with E-state index in [9.17, 15) is 9.59 Å². The zero-order chi connectivity index (χ0) is 18.0. The molecule has 1 amide bonds. The van der Waals surface area contributed by atoms with Gasteiger partial charge in [0.2, 0.25) is 0 Å². The smallest absolute Gasteiger partial charge is 0.305 e. The van der Waals surface area contributed by atoms with Crippen LogP contribution in [0.5, 0.6) is 0 Å². The third-order valence-electron chi connectivity index (χ3n) is 4.81. The number of carboxylic acids is 1. The fraction of sp³-hybridized carbons (Fsp3) is 0.421. The third-order valence-corrected chi connectivity index (χ3v) is 4.81. The molecule has 3 rings (SSSR count). The normalized spacial score (nSPS) is 15.9. The number of nitrogens with one attached hydrogen (secondary N) is 1. The molecule has 1 aliphatic carbocycles. The molecule has 0 unspecified atom stereocenters. The summed E-state index contributed by atoms with van der Waals surface area (Å²) in [5.41, 5.74) is 2.78. The van der Waals surface area contributed by atoms with Crippen LogP contribution in [0.25, 0.3) is 5.69 Å². The zero-order valence-electron chi connectivity index (χ0n) is 14.6. The van der Waals surface area contributed by atoms with E-state index in [-0.39, 0.29) is 12.3 Å². The summed E-state index contributed by atoms with van der Waals surface area (Å²) < 4.78 is 1.83. The minimum absolute atomic E-state index is 0.0252. The number of benzene rings is 1. The van der Waals surface area contributed by atoms with Crippen molar-refractivity contribution in [3.63, 3.8) is 0 Å². The van der Waals surface area contributed by atoms with Crippen molar-refractivity contribution in [1.82, 2.24) is 15.1 Å². The first-order chi connectivity index (χ1) is 11.9. The van der Waals surface area contributed by atoms with Crippen LogP contribution in [0.4, 0.5) is 0 Å². The Hall–Kier alpha value is -2.63. The van der Waals surface area contributed by atoms with Gasteiger partial charge in [-0.1, -0.05) is 12.8 Å². The number of carboxylic acid groups (broad SMARTS) is 1. The molecule has 132 valence electrons. The van der Waals surface area contributed by atoms with Crippen molar-refractivity contribution in [2.75, 3.05) is 0 Å². The lowest BCUT2D eigenvalue weighted by atomic mass is 9.92. The third kappa shape index (κ3) is 3.73. The molecule has 0 aliphatic heterocycles. The fourth-order valence-electron chi connectivity index (χ4n) is 3.64. The number of hydrogen-bond donors (Lipinski definition) is 2. The lowest BCUT2D eigenvalue weighted by Gasteiger charge is -2.28. The highest BCUT2D eigenvalue weighted by molar-refractivity contribution is 5.95. The highest BCUT2D eigenvalue weighted by atomic mass is 16.4. The molecule has 0 saturated heterocycles. The maximum Gasteiger partial charge on any atom is 0.305 e. The number of aromatic nitrogens is 2. The molecule has 6 heteroatoms. The van der Waals surface area contributed by atoms with Crippen molar-refractivity contribution < 1.29 is 14.7 Å². The second-order valence-electron chi connectivity index (χ2n) is 6.90. The highest BCUT2D eigenvalue weighted by Gasteiger charge is 2.37. The molecule has 0 atom stereocenters. The maximum atomic E-state index is 12.6. The van der Waals surface area contributed by atoms with E-state index < -0.39 is 11.5 Å². The van der Waals surface area contributed by atoms with E-state index >= 15 is 0 Å². The van der Waals surface area contributed by atoms with Crippen LogP contribution < -0.4 is 5.32 Å². The summed E-state index contributed by atoms with van der Waals surface area (Å²) in [7, 11) is 0. The maximum absolute atomic E-state index is 12.6. The van der Waals surface area contributed by atoms with E-state index in [0.717, 1.165) is 42.8 Å². The number of amides is 1. The molecule has 6 nitrogen and oxygen atoms in total. The molecule has 1 heterocycles. The zero-order valence-corrected chi connectivity index (χ0v) is 14.6. The number of aryl methyl sites for hydroxylation is 2. The number of nitrogens with zero attached hydrogens (tertiary/aromatic N) is 2. The number of carbonyl (C=O) groups is 2. The summed E-state index contributed by atoms with van der Waals surface area (Å²) in [4.78, 5) is 23.7. The van der Waals surface area contributed by atoms with Crippen molar-refractivity contribution in [3.8, 4) is 5.69 Å². The Morgan fingerprint density at radius 1 is 1.20 bits per heavy atom. The van der Waals surface area contributed by atoms with Gasteiger partial charge in [-0.3, -0.25) is 9.59 Å². The second kappa shape index (κ2) is 6.70. The van der Waals surface area contributed by atoms with Gasteiger partial charge in [-0.2, -0.15) is 5.10 Å². The summed E-state index contributed by atoms with van der Waals surface area (Å²) in [6, 6.07) is 9.21. The molecule has 0 radical (unpaired) electrons. The van der Waals surface area contributed by atoms with E-state index in [4.69, 9.17) is 5.11 Å². The minimum Gasteiger partial charge on any atom is -0.481 e. The minimum atomic E-state index is -0.873. The van der Waals surface area contributed by atoms with Crippen LogP contribution in [-0.2, 0) is 4.79 Å². The van der Waals surface area contributed by atoms with Crippen LogP contribution in [-0.4, -0.2) is 32.3 Å². The second-order valence-corrected chi connectivity index (χ2v) is 6.90. The molecule has 1 aromatic heterocycles. The van der Waals surface area contributed by atoms with E-state index in [0.29, 0.717) is 5.56 Å². The van der Waals surface area contributed by atoms with Crippen LogP contribution in [0.15, 0.2) is 30.3 Å². The van der Waals surface area contributed by atoms with Gasteiger partial charge in [0.25, 0.3) is 5.91 Å². The first-order valence-electron chi connectivity index (χ1n) is 8.57. The van der Waals surface area contributed by atoms with E-state index in [2.05, 4.69) is 10.4 Å². The summed E-state index contributed by atoms with van der Waals surface area (Å²) in [6.07, 6.45) is 3.31. The van der Waals surface area contributed by atoms with Gasteiger partial charge in [-0.15, -0.1) is 0 Å². The number of hydrogen-bond acceptors (Lipinski definition) is 3. The first kappa shape index (κ1) is 17.2. The van der Waals surface area contributed by atoms with Crippen LogP contribution in [0, 0.1) is 13.8 Å². The predicted molar refractivity (Wildman–Crippen MR) is 94.0 cm³/mol. The molecular formula is C19H23N3O3. The number of carbonyl (C=O) groups excluding carboxylic acids is 1. The lowest BCUT2D eigenvalue weighted by Crippen LogP contribution is -2.47. The Labute approximate surface area is 146 Å². The van der Waals surface area contributed by atoms with Crippen LogP contribution in [0.3, 0.4) is 0 Å². The Kier molecular flexibility index (Phi) is 4.61. The average molecular weight is 341 g/mol. The molecule has 1 fully saturated rings. The van der Waals surface area contributed by atoms with Crippen LogP contribution in [0.2, 0.25) is 0 Å². The van der Waals surface area contributed by atoms with Gasteiger partial charge < -0.3 is 10.4 Å². The topological polar surface area (TPSA) is 84.2 Å². The van der Waals surface area contributed by atoms with E-state index in [1.807, 2.05) is 36.7 Å². The van der Waals surface area contributed by atoms with Crippen molar-refractivity contribution in [2.45, 2.75) is 51.5 Å². The quantitative estimate of drug-likeness (QED) is 0.875. The van der Waals surface area contributed by atoms with Crippen molar-refractivity contribution in [1.29, 1.82) is 0 Å². The highest BCUT2D eigenvalue weighted by Crippen LogP contribution is 2.33. The van der Waals surface area contributed by atoms with E-state index in [1.165, 1.54) is 0 Å². The molecular weight excluding hydrogens is 318 g/mol. The molecule has 2 N–H and O–H groups in total. The molecule has 25 heavy (non-hydrogen) atoms. The average Bonchev–Trinajstić information content (AvgIpc) is 3.13. The SMILES string of the molecule is Cc1cc(C)n(-c2ccc(C(=O)NC3(CC(=O)O)CCCC3)cc2)n1. The lowest BCUT2D eigenvalue weighted by molar-refractivity contribution is -0.138. The summed E-state index contributed by atoms with van der Waals surface area (Å²) in [6.45, 7) is 3.92. The Morgan fingerprint density at radius 2 is 1.84 bits per heavy atom. The van der Waals surface area contributed by atoms with Gasteiger partial charge in [-0.05, 0) is 57.0 Å². The standard InChI is InChI=1S/C19H23N3O3/c1-13-11-14(2)22(21-13)16-7-5-15(6-8-16)18(25)20-19(12-17(23)24)9-3-4-10-19/h5-8,11H,3-4,9-10,12H2,1-2H3,(H,20,25)(H,23,24). The van der Waals surface area contributed by atoms with Gasteiger partial charge in [0.05, 0.1) is 23.3 Å². The molecule has 0 bridgehead atoms. The first-order valence-corrected chi connectivity index (χ1v) is 8.57. The number of rotatable bonds is 5. The van der Waals surface area contributed by atoms with Gasteiger partial charge in [-0.25, -0.2) is 4.68 Å². The van der Waals surface area contributed by atoms with Crippen LogP contribution >= 0.6 is 0 Å². The summed E-state index contributed by atoms with van der Waals surface area (Å²) in [5.74, 6) is -1.09. The number of aliphatic carboxylic acids is 1. The van der Waals surface area contributed by atoms with Crippen molar-refractivity contribution in [3.05, 3.63) is 47.3 Å². The summed E-state index contributed by atoms with van der Waals surface area (Å²) >= 11 is 0. The van der Waals surface area contributed by atoms with Gasteiger partial charge in [0.15, 0.2) is 0 Å². The Bertz CT molecular complexity index is 787. The Morgan fingerprint density at radius 3 is 2.36 bits per heavy atom. The fourth-order valence-corrected chi connectivity index (χ4v) is 3.64. The summed E-state index contributed by atoms with van der Waals surface area (Å²) in [5, 5.41) is 16.6. The van der Waals surface area contributed by atoms with Gasteiger partial charge in [0, 0.05) is 11.3 Å². The molecule has 1 saturated carbocycles. The largest absolute Gasteiger partial charge is 0.481 e. The van der Waals surface area contributed by atoms with E-state index in [1.54, 1.807) is 12.1 Å². The monoisotopic (exact) mass is 341 g/mol. The molecule has 1 aliphatic rings. The van der Waals surface area contributed by atoms with Gasteiger partial charge in [0.1, 0.15) is 0 Å². The van der Waals surface area contributed by atoms with Crippen molar-refractivity contribution in [2.24, 2.45) is 0 Å². The molecule has 0 spiro atoms. The van der Waals surface area contributed by atoms with Gasteiger partial charge >= 0.3 is 5.97 Å². The molecule has 1 aromatic carbocycles. The predicted octanol–water partition coefficient (Wildman–Crippen LogP) is 3.01.